The number of allylic oxidation sites excluding steroid dienone is 1. The molecule has 9 nitrogen and oxygen atoms in total. The first-order chi connectivity index (χ1) is 16.5. The lowest BCUT2D eigenvalue weighted by Crippen LogP contribution is -2.35. The number of phenolic OH excluding ortho intramolecular Hbond substituents is 1. The summed E-state index contributed by atoms with van der Waals surface area (Å²) in [5.41, 5.74) is 6.87. The van der Waals surface area contributed by atoms with E-state index in [4.69, 9.17) is 16.6 Å². The molecule has 2 aromatic rings. The molecule has 0 radical (unpaired) electrons. The van der Waals surface area contributed by atoms with E-state index in [9.17, 15) is 5.11 Å². The first-order valence-corrected chi connectivity index (χ1v) is 11.4. The van der Waals surface area contributed by atoms with Crippen LogP contribution in [0.25, 0.3) is 0 Å². The molecule has 0 amide bonds. The molecule has 0 atom stereocenters. The molecule has 6 N–H and O–H groups in total. The summed E-state index contributed by atoms with van der Waals surface area (Å²) in [5.74, 6) is 7.30. The van der Waals surface area contributed by atoms with Gasteiger partial charge < -0.3 is 31.4 Å². The number of nitrogens with one attached hydrogen (secondary N) is 3. The SMILES string of the molecule is CCCNCC#Cc1nccc(N2CCCN(/C(=C/C(=N)c3ccccc3O)C(=N)N)CC2)n1. The van der Waals surface area contributed by atoms with Gasteiger partial charge in [-0.25, -0.2) is 9.97 Å². The molecule has 2 heterocycles. The number of benzene rings is 1. The van der Waals surface area contributed by atoms with Gasteiger partial charge in [0.25, 0.3) is 0 Å². The predicted molar refractivity (Wildman–Crippen MR) is 135 cm³/mol. The summed E-state index contributed by atoms with van der Waals surface area (Å²) in [6, 6.07) is 8.56. The Morgan fingerprint density at radius 2 is 2.03 bits per heavy atom. The van der Waals surface area contributed by atoms with Crippen molar-refractivity contribution in [1.82, 2.24) is 20.2 Å². The number of hydrogen-bond acceptors (Lipinski definition) is 8. The zero-order chi connectivity index (χ0) is 24.3. The summed E-state index contributed by atoms with van der Waals surface area (Å²) in [4.78, 5) is 13.1. The van der Waals surface area contributed by atoms with Crippen molar-refractivity contribution in [3.05, 3.63) is 59.7 Å². The summed E-state index contributed by atoms with van der Waals surface area (Å²) in [6.45, 7) is 6.43. The molecular formula is C25H32N8O. The van der Waals surface area contributed by atoms with Crippen LogP contribution in [0.2, 0.25) is 0 Å². The van der Waals surface area contributed by atoms with Crippen molar-refractivity contribution >= 4 is 17.4 Å². The lowest BCUT2D eigenvalue weighted by atomic mass is 10.1. The number of para-hydroxylation sites is 1. The zero-order valence-corrected chi connectivity index (χ0v) is 19.5. The van der Waals surface area contributed by atoms with Crippen LogP contribution in [0.5, 0.6) is 5.75 Å². The van der Waals surface area contributed by atoms with Crippen LogP contribution in [0, 0.1) is 22.7 Å². The Hall–Kier alpha value is -3.90. The molecule has 34 heavy (non-hydrogen) atoms. The monoisotopic (exact) mass is 460 g/mol. The van der Waals surface area contributed by atoms with Gasteiger partial charge in [-0.05, 0) is 49.6 Å². The van der Waals surface area contributed by atoms with Crippen molar-refractivity contribution in [3.8, 4) is 17.6 Å². The predicted octanol–water partition coefficient (Wildman–Crippen LogP) is 1.93. The van der Waals surface area contributed by atoms with E-state index in [-0.39, 0.29) is 17.3 Å². The number of anilines is 1. The van der Waals surface area contributed by atoms with Gasteiger partial charge in [-0.15, -0.1) is 0 Å². The number of hydrogen-bond donors (Lipinski definition) is 5. The van der Waals surface area contributed by atoms with Crippen LogP contribution < -0.4 is 16.0 Å². The molecule has 178 valence electrons. The third-order valence-electron chi connectivity index (χ3n) is 5.39. The van der Waals surface area contributed by atoms with E-state index in [0.717, 1.165) is 31.7 Å². The van der Waals surface area contributed by atoms with Gasteiger partial charge >= 0.3 is 0 Å². The number of amidine groups is 1. The van der Waals surface area contributed by atoms with Gasteiger partial charge in [0.05, 0.1) is 18.0 Å². The summed E-state index contributed by atoms with van der Waals surface area (Å²) < 4.78 is 0. The van der Waals surface area contributed by atoms with E-state index in [1.54, 1.807) is 30.5 Å². The maximum Gasteiger partial charge on any atom is 0.206 e. The number of aromatic hydroxyl groups is 1. The third-order valence-corrected chi connectivity index (χ3v) is 5.39. The van der Waals surface area contributed by atoms with Gasteiger partial charge in [-0.3, -0.25) is 5.41 Å². The highest BCUT2D eigenvalue weighted by Crippen LogP contribution is 2.20. The second-order valence-electron chi connectivity index (χ2n) is 7.92. The average Bonchev–Trinajstić information content (AvgIpc) is 3.09. The van der Waals surface area contributed by atoms with E-state index in [1.165, 1.54) is 6.07 Å². The molecule has 1 aromatic heterocycles. The molecule has 0 spiro atoms. The second-order valence-corrected chi connectivity index (χ2v) is 7.92. The fourth-order valence-corrected chi connectivity index (χ4v) is 3.68. The van der Waals surface area contributed by atoms with Crippen molar-refractivity contribution in [2.45, 2.75) is 19.8 Å². The normalized spacial score (nSPS) is 14.2. The molecule has 1 fully saturated rings. The Kier molecular flexibility index (Phi) is 9.00. The number of nitrogens with zero attached hydrogens (tertiary/aromatic N) is 4. The van der Waals surface area contributed by atoms with Crippen LogP contribution in [0.4, 0.5) is 5.82 Å². The lowest BCUT2D eigenvalue weighted by molar-refractivity contribution is 0.386. The zero-order valence-electron chi connectivity index (χ0n) is 19.5. The van der Waals surface area contributed by atoms with Crippen LogP contribution in [0.1, 0.15) is 31.2 Å². The highest BCUT2D eigenvalue weighted by Gasteiger charge is 2.20. The molecule has 0 bridgehead atoms. The van der Waals surface area contributed by atoms with E-state index in [0.29, 0.717) is 43.3 Å². The number of nitrogens with two attached hydrogens (primary N) is 1. The lowest BCUT2D eigenvalue weighted by Gasteiger charge is -2.26. The minimum absolute atomic E-state index is 0.0255. The molecule has 1 aliphatic rings. The Morgan fingerprint density at radius 3 is 2.79 bits per heavy atom. The van der Waals surface area contributed by atoms with E-state index in [2.05, 4.69) is 38.9 Å². The molecule has 0 unspecified atom stereocenters. The van der Waals surface area contributed by atoms with Crippen molar-refractivity contribution in [3.63, 3.8) is 0 Å². The number of rotatable bonds is 8. The van der Waals surface area contributed by atoms with Crippen molar-refractivity contribution in [2.75, 3.05) is 44.2 Å². The quantitative estimate of drug-likeness (QED) is 0.176. The summed E-state index contributed by atoms with van der Waals surface area (Å²) >= 11 is 0. The fourth-order valence-electron chi connectivity index (χ4n) is 3.68. The number of phenols is 1. The van der Waals surface area contributed by atoms with Crippen molar-refractivity contribution in [1.29, 1.82) is 10.8 Å². The molecule has 1 aromatic carbocycles. The highest BCUT2D eigenvalue weighted by molar-refractivity contribution is 6.12. The van der Waals surface area contributed by atoms with Crippen LogP contribution in [-0.4, -0.2) is 70.8 Å². The molecule has 0 saturated carbocycles. The van der Waals surface area contributed by atoms with Gasteiger partial charge in [0, 0.05) is 37.9 Å². The summed E-state index contributed by atoms with van der Waals surface area (Å²) in [5, 5.41) is 29.8. The molecule has 1 saturated heterocycles. The van der Waals surface area contributed by atoms with Crippen LogP contribution in [0.15, 0.2) is 48.3 Å². The van der Waals surface area contributed by atoms with Crippen LogP contribution in [-0.2, 0) is 0 Å². The molecule has 3 rings (SSSR count). The highest BCUT2D eigenvalue weighted by atomic mass is 16.3. The van der Waals surface area contributed by atoms with Gasteiger partial charge in [0.2, 0.25) is 5.82 Å². The Bertz CT molecular complexity index is 1100. The van der Waals surface area contributed by atoms with Gasteiger partial charge in [-0.2, -0.15) is 0 Å². The van der Waals surface area contributed by atoms with Crippen LogP contribution in [0.3, 0.4) is 0 Å². The topological polar surface area (TPSA) is 138 Å². The van der Waals surface area contributed by atoms with Crippen molar-refractivity contribution < 1.29 is 5.11 Å². The van der Waals surface area contributed by atoms with Gasteiger partial charge in [-0.1, -0.05) is 25.0 Å². The first kappa shape index (κ1) is 24.7. The largest absolute Gasteiger partial charge is 0.507 e. The van der Waals surface area contributed by atoms with Gasteiger partial charge in [0.1, 0.15) is 17.4 Å². The fraction of sp³-hybridized carbons (Fsp3) is 0.360. The summed E-state index contributed by atoms with van der Waals surface area (Å²) in [6.07, 6.45) is 5.18. The van der Waals surface area contributed by atoms with E-state index >= 15 is 0 Å². The molecule has 9 heteroatoms. The second kappa shape index (κ2) is 12.4. The Balaban J connectivity index is 1.70. The molecule has 1 aliphatic heterocycles. The van der Waals surface area contributed by atoms with E-state index in [1.807, 2.05) is 11.0 Å². The Labute approximate surface area is 200 Å². The standard InChI is InChI=1S/C25H32N8O/c1-2-11-29-12-5-9-23-30-13-10-24(31-23)33-15-6-14-32(16-17-33)21(25(27)28)18-20(26)19-7-3-4-8-22(19)34/h3-4,7-8,10,13,18,26,29,34H,2,6,11-12,14-17H2,1H3,(H3,27,28)/b21-18+,26-20?. The maximum atomic E-state index is 10.1. The summed E-state index contributed by atoms with van der Waals surface area (Å²) in [7, 11) is 0. The maximum absolute atomic E-state index is 10.1. The minimum Gasteiger partial charge on any atom is -0.507 e. The number of aromatic nitrogens is 2. The first-order valence-electron chi connectivity index (χ1n) is 11.4. The third kappa shape index (κ3) is 6.80. The van der Waals surface area contributed by atoms with Crippen LogP contribution >= 0.6 is 0 Å². The minimum atomic E-state index is -0.107. The molecular weight excluding hydrogens is 428 g/mol. The Morgan fingerprint density at radius 1 is 1.21 bits per heavy atom. The molecule has 0 aliphatic carbocycles. The average molecular weight is 461 g/mol. The smallest absolute Gasteiger partial charge is 0.206 e. The van der Waals surface area contributed by atoms with Gasteiger partial charge in [0.15, 0.2) is 0 Å². The van der Waals surface area contributed by atoms with E-state index < -0.39 is 0 Å². The van der Waals surface area contributed by atoms with Crippen molar-refractivity contribution in [2.24, 2.45) is 5.73 Å².